The average molecular weight is 672 g/mol. The van der Waals surface area contributed by atoms with Crippen molar-refractivity contribution in [1.29, 1.82) is 0 Å². The third kappa shape index (κ3) is 6.08. The lowest BCUT2D eigenvalue weighted by Gasteiger charge is -2.49. The Labute approximate surface area is 272 Å². The van der Waals surface area contributed by atoms with E-state index < -0.39 is 35.3 Å². The number of aromatic nitrogens is 1. The molecule has 4 aliphatic heterocycles. The quantitative estimate of drug-likeness (QED) is 0.107. The Morgan fingerprint density at radius 2 is 2.00 bits per heavy atom. The van der Waals surface area contributed by atoms with Crippen molar-refractivity contribution in [3.8, 4) is 0 Å². The topological polar surface area (TPSA) is 197 Å². The molecule has 2 atom stereocenters. The summed E-state index contributed by atoms with van der Waals surface area (Å²) in [6.45, 7) is 4.75. The monoisotopic (exact) mass is 671 g/mol. The highest BCUT2D eigenvalue weighted by molar-refractivity contribution is 8.00. The lowest BCUT2D eigenvalue weighted by Crippen LogP contribution is -2.71. The van der Waals surface area contributed by atoms with Gasteiger partial charge in [0.2, 0.25) is 5.91 Å². The zero-order valence-electron chi connectivity index (χ0n) is 24.8. The Hall–Kier alpha value is -4.38. The van der Waals surface area contributed by atoms with Gasteiger partial charge in [-0.25, -0.2) is 14.6 Å². The smallest absolute Gasteiger partial charge is 0.410 e. The van der Waals surface area contributed by atoms with Gasteiger partial charge in [-0.15, -0.1) is 23.1 Å². The molecule has 4 fully saturated rings. The number of carboxylic acids is 1. The van der Waals surface area contributed by atoms with Crippen LogP contribution in [-0.4, -0.2) is 116 Å². The fourth-order valence-corrected chi connectivity index (χ4v) is 7.89. The predicted molar refractivity (Wildman–Crippen MR) is 167 cm³/mol. The van der Waals surface area contributed by atoms with Gasteiger partial charge in [-0.2, -0.15) is 0 Å². The lowest BCUT2D eigenvalue weighted by molar-refractivity contribution is -0.150. The first-order valence-electron chi connectivity index (χ1n) is 14.9. The van der Waals surface area contributed by atoms with Crippen molar-refractivity contribution >= 4 is 63.7 Å². The molecule has 3 saturated heterocycles. The van der Waals surface area contributed by atoms with Crippen LogP contribution in [0.5, 0.6) is 0 Å². The molecule has 1 saturated carbocycles. The summed E-state index contributed by atoms with van der Waals surface area (Å²) in [5.74, 6) is -2.61. The molecule has 5 heterocycles. The second-order valence-electron chi connectivity index (χ2n) is 11.4. The number of nitrogens with one attached hydrogen (secondary N) is 1. The second-order valence-corrected chi connectivity index (χ2v) is 13.4. The minimum Gasteiger partial charge on any atom is -0.477 e. The summed E-state index contributed by atoms with van der Waals surface area (Å²) in [4.78, 5) is 78.4. The molecule has 1 aliphatic carbocycles. The van der Waals surface area contributed by atoms with Crippen LogP contribution >= 0.6 is 23.1 Å². The lowest BCUT2D eigenvalue weighted by atomic mass is 10.0. The number of nitrogens with two attached hydrogens (primary N) is 1. The van der Waals surface area contributed by atoms with Crippen molar-refractivity contribution in [3.63, 3.8) is 0 Å². The van der Waals surface area contributed by atoms with Gasteiger partial charge in [-0.1, -0.05) is 17.8 Å². The molecule has 4 N–H and O–H groups in total. The molecular weight excluding hydrogens is 638 g/mol. The van der Waals surface area contributed by atoms with Gasteiger partial charge in [0.15, 0.2) is 10.8 Å². The molecule has 0 spiro atoms. The number of nitrogens with zero attached hydrogens (tertiary/aromatic N) is 5. The number of likely N-dealkylation sites (tertiary alicyclic amines) is 2. The number of hydrogen-bond donors (Lipinski definition) is 3. The van der Waals surface area contributed by atoms with Gasteiger partial charge in [-0.3, -0.25) is 19.3 Å². The summed E-state index contributed by atoms with van der Waals surface area (Å²) >= 11 is 2.42. The molecule has 1 aromatic heterocycles. The molecule has 0 radical (unpaired) electrons. The van der Waals surface area contributed by atoms with Crippen molar-refractivity contribution < 1.29 is 38.7 Å². The van der Waals surface area contributed by atoms with E-state index in [1.54, 1.807) is 16.4 Å². The Kier molecular flexibility index (Phi) is 9.04. The van der Waals surface area contributed by atoms with Gasteiger partial charge in [-0.05, 0) is 43.8 Å². The number of anilines is 1. The molecule has 0 aromatic carbocycles. The number of ether oxygens (including phenoxy) is 1. The highest BCUT2D eigenvalue weighted by atomic mass is 32.2. The van der Waals surface area contributed by atoms with Gasteiger partial charge >= 0.3 is 12.1 Å². The molecule has 6 rings (SSSR count). The van der Waals surface area contributed by atoms with Crippen LogP contribution < -0.4 is 11.1 Å². The van der Waals surface area contributed by atoms with E-state index in [9.17, 15) is 29.1 Å². The van der Waals surface area contributed by atoms with Crippen molar-refractivity contribution in [3.05, 3.63) is 46.6 Å². The summed E-state index contributed by atoms with van der Waals surface area (Å²) in [6, 6.07) is -1.16. The molecule has 244 valence electrons. The van der Waals surface area contributed by atoms with E-state index in [0.29, 0.717) is 37.2 Å². The van der Waals surface area contributed by atoms with Crippen LogP contribution in [0.2, 0.25) is 0 Å². The minimum atomic E-state index is -1.31. The van der Waals surface area contributed by atoms with Crippen LogP contribution in [0, 0.1) is 0 Å². The van der Waals surface area contributed by atoms with E-state index in [4.69, 9.17) is 15.3 Å². The molecule has 5 aliphatic rings. The van der Waals surface area contributed by atoms with E-state index in [1.165, 1.54) is 22.7 Å². The van der Waals surface area contributed by atoms with E-state index >= 15 is 0 Å². The van der Waals surface area contributed by atoms with Crippen molar-refractivity contribution in [2.24, 2.45) is 5.16 Å². The van der Waals surface area contributed by atoms with Crippen molar-refractivity contribution in [1.82, 2.24) is 25.0 Å². The predicted octanol–water partition coefficient (Wildman–Crippen LogP) is 1.29. The number of β-lactam (4-membered cyclic amide) rings is 1. The minimum absolute atomic E-state index is 0.106. The maximum absolute atomic E-state index is 13.4. The molecule has 1 aromatic rings. The number of hydrogen-bond acceptors (Lipinski definition) is 12. The third-order valence-corrected chi connectivity index (χ3v) is 10.4. The largest absolute Gasteiger partial charge is 0.477 e. The molecule has 4 amide bonds. The highest BCUT2D eigenvalue weighted by Gasteiger charge is 2.54. The number of thiazole rings is 1. The van der Waals surface area contributed by atoms with E-state index in [2.05, 4.69) is 22.0 Å². The molecule has 0 bridgehead atoms. The van der Waals surface area contributed by atoms with Crippen molar-refractivity contribution in [2.45, 2.75) is 55.7 Å². The van der Waals surface area contributed by atoms with Crippen LogP contribution in [0.3, 0.4) is 0 Å². The maximum atomic E-state index is 13.4. The van der Waals surface area contributed by atoms with Crippen LogP contribution in [0.15, 0.2) is 46.1 Å². The van der Waals surface area contributed by atoms with Crippen LogP contribution in [0.1, 0.15) is 37.8 Å². The molecule has 15 nitrogen and oxygen atoms in total. The number of oxime groups is 1. The fraction of sp³-hybridized carbons (Fsp3) is 0.483. The van der Waals surface area contributed by atoms with Gasteiger partial charge in [0.25, 0.3) is 11.8 Å². The number of carbonyl (C=O) groups is 5. The third-order valence-electron chi connectivity index (χ3n) is 8.45. The first-order valence-corrected chi connectivity index (χ1v) is 16.8. The summed E-state index contributed by atoms with van der Waals surface area (Å²) in [6.07, 6.45) is 6.52. The summed E-state index contributed by atoms with van der Waals surface area (Å²) in [5, 5.41) is 18.0. The molecule has 17 heteroatoms. The van der Waals surface area contributed by atoms with Gasteiger partial charge in [0.1, 0.15) is 35.5 Å². The summed E-state index contributed by atoms with van der Waals surface area (Å²) < 4.78 is 5.03. The number of allylic oxidation sites excluding steroid dienone is 1. The molecule has 0 unspecified atom stereocenters. The Morgan fingerprint density at radius 1 is 1.24 bits per heavy atom. The van der Waals surface area contributed by atoms with Crippen molar-refractivity contribution in [2.75, 3.05) is 37.7 Å². The van der Waals surface area contributed by atoms with Crippen LogP contribution in [0.25, 0.3) is 0 Å². The zero-order valence-corrected chi connectivity index (χ0v) is 26.4. The number of aliphatic carboxylic acids is 1. The average Bonchev–Trinajstić information content (AvgIpc) is 3.77. The Morgan fingerprint density at radius 3 is 2.67 bits per heavy atom. The van der Waals surface area contributed by atoms with Gasteiger partial charge in [0, 0.05) is 36.3 Å². The van der Waals surface area contributed by atoms with Gasteiger partial charge < -0.3 is 35.5 Å². The first-order chi connectivity index (χ1) is 22.2. The standard InChI is InChI=1S/C29H33N7O8S2/c1-2-9-43-29(42)34-11-17(12-34)35-8-7-15(24(35)38)10-16-13-45-26-21(25(39)36(26)22(16)27(40)41)32-23(37)20(19-14-46-28(30)31-19)33-44-18-5-3-4-6-18/h2,10,14,17-18,21,26H,1,3-9,11-13H2,(H2,30,31)(H,32,37)(H,40,41)/b15-10?,33-20-/t21-,26-/m1/s1. The fourth-order valence-electron chi connectivity index (χ4n) is 6.04. The number of fused-ring (bicyclic) bond motifs is 1. The molecule has 46 heavy (non-hydrogen) atoms. The Balaban J connectivity index is 1.13. The SMILES string of the molecule is C=CCOC(=O)N1CC(N2CCC(=CC3=C(C(=O)O)N4C(=O)[C@@H](NC(=O)/C(=N\OC5CCCC5)c5csc(N)n5)[C@H]4SC3)C2=O)C1. The van der Waals surface area contributed by atoms with E-state index in [0.717, 1.165) is 41.9 Å². The number of rotatable bonds is 10. The first kappa shape index (κ1) is 31.6. The number of amides is 4. The van der Waals surface area contributed by atoms with Crippen LogP contribution in [-0.2, 0) is 28.8 Å². The maximum Gasteiger partial charge on any atom is 0.410 e. The van der Waals surface area contributed by atoms with E-state index in [-0.39, 0.29) is 52.6 Å². The van der Waals surface area contributed by atoms with Crippen LogP contribution in [0.4, 0.5) is 9.93 Å². The molecular formula is C29H33N7O8S2. The second kappa shape index (κ2) is 13.2. The highest BCUT2D eigenvalue weighted by Crippen LogP contribution is 2.41. The number of nitrogen functional groups attached to an aromatic ring is 1. The normalized spacial score (nSPS) is 24.6. The summed E-state index contributed by atoms with van der Waals surface area (Å²) in [7, 11) is 0. The number of carboxylic acid groups (broad SMARTS) is 1. The Bertz CT molecular complexity index is 1560. The van der Waals surface area contributed by atoms with Gasteiger partial charge in [0.05, 0.1) is 6.04 Å². The number of thioether (sulfide) groups is 1. The summed E-state index contributed by atoms with van der Waals surface area (Å²) in [5.41, 5.74) is 6.43. The number of carbonyl (C=O) groups excluding carboxylic acids is 4. The van der Waals surface area contributed by atoms with E-state index in [1.807, 2.05) is 0 Å². The zero-order chi connectivity index (χ0) is 32.5.